The molecule has 0 saturated heterocycles. The summed E-state index contributed by atoms with van der Waals surface area (Å²) in [5.41, 5.74) is 6.56. The fourth-order valence-corrected chi connectivity index (χ4v) is 1.81. The van der Waals surface area contributed by atoms with Gasteiger partial charge >= 0.3 is 0 Å². The number of benzene rings is 1. The lowest BCUT2D eigenvalue weighted by molar-refractivity contribution is 0.0952. The lowest BCUT2D eigenvalue weighted by Gasteiger charge is -2.07. The molecule has 0 bridgehead atoms. The van der Waals surface area contributed by atoms with Crippen molar-refractivity contribution in [2.45, 2.75) is 6.54 Å². The minimum Gasteiger partial charge on any atom is -0.399 e. The van der Waals surface area contributed by atoms with Gasteiger partial charge in [-0.15, -0.1) is 0 Å². The van der Waals surface area contributed by atoms with Crippen LogP contribution in [0.2, 0.25) is 5.02 Å². The van der Waals surface area contributed by atoms with E-state index in [4.69, 9.17) is 17.3 Å². The summed E-state index contributed by atoms with van der Waals surface area (Å²) in [4.78, 5) is 15.7. The van der Waals surface area contributed by atoms with Crippen LogP contribution in [-0.4, -0.2) is 22.0 Å². The molecule has 0 saturated carbocycles. The first-order valence-corrected chi connectivity index (χ1v) is 5.83. The largest absolute Gasteiger partial charge is 0.399 e. The van der Waals surface area contributed by atoms with E-state index < -0.39 is 0 Å². The first kappa shape index (κ1) is 12.4. The summed E-state index contributed by atoms with van der Waals surface area (Å²) in [5, 5.41) is 3.24. The zero-order valence-electron chi connectivity index (χ0n) is 9.64. The van der Waals surface area contributed by atoms with Crippen molar-refractivity contribution in [3.05, 3.63) is 47.5 Å². The van der Waals surface area contributed by atoms with Gasteiger partial charge in [0.2, 0.25) is 0 Å². The zero-order chi connectivity index (χ0) is 13.0. The standard InChI is InChI=1S/C12H13ClN4O/c13-10-5-9(6-11(14)7-10)12(18)16-2-4-17-3-1-15-8-17/h1,3,5-8H,2,4,14H2,(H,16,18). The number of halogens is 1. The van der Waals surface area contributed by atoms with Crippen molar-refractivity contribution in [2.24, 2.45) is 0 Å². The maximum absolute atomic E-state index is 11.8. The summed E-state index contributed by atoms with van der Waals surface area (Å²) in [5.74, 6) is -0.190. The molecule has 94 valence electrons. The Balaban J connectivity index is 1.91. The van der Waals surface area contributed by atoms with Gasteiger partial charge in [-0.1, -0.05) is 11.6 Å². The minimum absolute atomic E-state index is 0.190. The second-order valence-electron chi connectivity index (χ2n) is 3.83. The molecule has 0 atom stereocenters. The van der Waals surface area contributed by atoms with E-state index in [1.165, 1.54) is 0 Å². The molecule has 1 amide bonds. The lowest BCUT2D eigenvalue weighted by atomic mass is 10.2. The van der Waals surface area contributed by atoms with Crippen LogP contribution in [0.15, 0.2) is 36.9 Å². The average Bonchev–Trinajstić information content (AvgIpc) is 2.80. The number of aromatic nitrogens is 2. The SMILES string of the molecule is Nc1cc(Cl)cc(C(=O)NCCn2ccnc2)c1. The summed E-state index contributed by atoms with van der Waals surface area (Å²) in [6.07, 6.45) is 5.23. The highest BCUT2D eigenvalue weighted by atomic mass is 35.5. The second kappa shape index (κ2) is 5.55. The van der Waals surface area contributed by atoms with Crippen molar-refractivity contribution < 1.29 is 4.79 Å². The molecule has 0 radical (unpaired) electrons. The number of hydrogen-bond donors (Lipinski definition) is 2. The Bertz CT molecular complexity index is 519. The van der Waals surface area contributed by atoms with Gasteiger partial charge in [-0.25, -0.2) is 4.98 Å². The highest BCUT2D eigenvalue weighted by molar-refractivity contribution is 6.31. The van der Waals surface area contributed by atoms with Crippen LogP contribution in [0.1, 0.15) is 10.4 Å². The number of nitrogen functional groups attached to an aromatic ring is 1. The molecule has 0 aliphatic rings. The number of rotatable bonds is 4. The number of nitrogens with one attached hydrogen (secondary N) is 1. The van der Waals surface area contributed by atoms with Crippen LogP contribution >= 0.6 is 11.6 Å². The highest BCUT2D eigenvalue weighted by Gasteiger charge is 2.06. The van der Waals surface area contributed by atoms with Crippen LogP contribution in [-0.2, 0) is 6.54 Å². The summed E-state index contributed by atoms with van der Waals surface area (Å²) in [6, 6.07) is 4.78. The van der Waals surface area contributed by atoms with E-state index in [1.807, 2.05) is 10.8 Å². The molecule has 3 N–H and O–H groups in total. The molecule has 1 heterocycles. The summed E-state index contributed by atoms with van der Waals surface area (Å²) in [7, 11) is 0. The van der Waals surface area contributed by atoms with Crippen molar-refractivity contribution in [1.29, 1.82) is 0 Å². The Morgan fingerprint density at radius 1 is 1.44 bits per heavy atom. The predicted octanol–water partition coefficient (Wildman–Crippen LogP) is 1.55. The summed E-state index contributed by atoms with van der Waals surface area (Å²) < 4.78 is 1.88. The number of nitrogens with zero attached hydrogens (tertiary/aromatic N) is 2. The molecule has 0 aliphatic heterocycles. The van der Waals surface area contributed by atoms with Gasteiger partial charge in [0.05, 0.1) is 6.33 Å². The maximum Gasteiger partial charge on any atom is 0.251 e. The number of imidazole rings is 1. The van der Waals surface area contributed by atoms with E-state index in [2.05, 4.69) is 10.3 Å². The van der Waals surface area contributed by atoms with Crippen LogP contribution in [0.4, 0.5) is 5.69 Å². The van der Waals surface area contributed by atoms with Gasteiger partial charge in [-0.05, 0) is 18.2 Å². The van der Waals surface area contributed by atoms with Gasteiger partial charge in [0.25, 0.3) is 5.91 Å². The first-order chi connectivity index (χ1) is 8.65. The lowest BCUT2D eigenvalue weighted by Crippen LogP contribution is -2.27. The fraction of sp³-hybridized carbons (Fsp3) is 0.167. The molecule has 1 aromatic carbocycles. The molecule has 0 spiro atoms. The molecule has 2 aromatic rings. The van der Waals surface area contributed by atoms with Gasteiger partial charge in [-0.2, -0.15) is 0 Å². The Hall–Kier alpha value is -2.01. The topological polar surface area (TPSA) is 72.9 Å². The Labute approximate surface area is 110 Å². The first-order valence-electron chi connectivity index (χ1n) is 5.45. The number of carbonyl (C=O) groups excluding carboxylic acids is 1. The second-order valence-corrected chi connectivity index (χ2v) is 4.27. The number of nitrogens with two attached hydrogens (primary N) is 1. The van der Waals surface area contributed by atoms with Crippen molar-refractivity contribution >= 4 is 23.2 Å². The number of amides is 1. The molecule has 5 nitrogen and oxygen atoms in total. The van der Waals surface area contributed by atoms with Crippen LogP contribution in [0, 0.1) is 0 Å². The molecule has 0 fully saturated rings. The molecule has 0 unspecified atom stereocenters. The van der Waals surface area contributed by atoms with Gasteiger partial charge in [0.1, 0.15) is 0 Å². The van der Waals surface area contributed by atoms with Gasteiger partial charge in [-0.3, -0.25) is 4.79 Å². The van der Waals surface area contributed by atoms with Crippen LogP contribution < -0.4 is 11.1 Å². The van der Waals surface area contributed by atoms with E-state index in [0.717, 1.165) is 0 Å². The monoisotopic (exact) mass is 264 g/mol. The fourth-order valence-electron chi connectivity index (χ4n) is 1.56. The molecule has 6 heteroatoms. The van der Waals surface area contributed by atoms with E-state index in [-0.39, 0.29) is 5.91 Å². The highest BCUT2D eigenvalue weighted by Crippen LogP contribution is 2.16. The third-order valence-electron chi connectivity index (χ3n) is 2.40. The maximum atomic E-state index is 11.8. The smallest absolute Gasteiger partial charge is 0.251 e. The number of anilines is 1. The quantitative estimate of drug-likeness (QED) is 0.823. The van der Waals surface area contributed by atoms with E-state index in [9.17, 15) is 4.79 Å². The van der Waals surface area contributed by atoms with Crippen molar-refractivity contribution in [2.75, 3.05) is 12.3 Å². The third-order valence-corrected chi connectivity index (χ3v) is 2.62. The van der Waals surface area contributed by atoms with Crippen molar-refractivity contribution in [1.82, 2.24) is 14.9 Å². The molecule has 18 heavy (non-hydrogen) atoms. The van der Waals surface area contributed by atoms with Crippen molar-refractivity contribution in [3.8, 4) is 0 Å². The molecular weight excluding hydrogens is 252 g/mol. The number of carbonyl (C=O) groups is 1. The normalized spacial score (nSPS) is 10.3. The Morgan fingerprint density at radius 2 is 2.28 bits per heavy atom. The van der Waals surface area contributed by atoms with Crippen molar-refractivity contribution in [3.63, 3.8) is 0 Å². The minimum atomic E-state index is -0.190. The molecule has 0 aliphatic carbocycles. The van der Waals surface area contributed by atoms with E-state index in [0.29, 0.717) is 29.4 Å². The molecule has 1 aromatic heterocycles. The Kier molecular flexibility index (Phi) is 3.84. The van der Waals surface area contributed by atoms with E-state index >= 15 is 0 Å². The Morgan fingerprint density at radius 3 is 2.94 bits per heavy atom. The molecular formula is C12H13ClN4O. The van der Waals surface area contributed by atoms with Crippen LogP contribution in [0.3, 0.4) is 0 Å². The molecule has 2 rings (SSSR count). The van der Waals surface area contributed by atoms with Crippen LogP contribution in [0.5, 0.6) is 0 Å². The summed E-state index contributed by atoms with van der Waals surface area (Å²) >= 11 is 5.84. The van der Waals surface area contributed by atoms with Crippen LogP contribution in [0.25, 0.3) is 0 Å². The zero-order valence-corrected chi connectivity index (χ0v) is 10.4. The van der Waals surface area contributed by atoms with Gasteiger partial charge in [0, 0.05) is 41.8 Å². The average molecular weight is 265 g/mol. The van der Waals surface area contributed by atoms with Gasteiger partial charge < -0.3 is 15.6 Å². The number of hydrogen-bond acceptors (Lipinski definition) is 3. The summed E-state index contributed by atoms with van der Waals surface area (Å²) in [6.45, 7) is 1.18. The third kappa shape index (κ3) is 3.24. The predicted molar refractivity (Wildman–Crippen MR) is 70.4 cm³/mol. The van der Waals surface area contributed by atoms with Gasteiger partial charge in [0.15, 0.2) is 0 Å². The van der Waals surface area contributed by atoms with E-state index in [1.54, 1.807) is 30.7 Å².